The molecule has 0 saturated carbocycles. The van der Waals surface area contributed by atoms with E-state index >= 15 is 0 Å². The minimum absolute atomic E-state index is 0.708. The maximum absolute atomic E-state index is 11.4. The molecular formula is C8H17O7SSn. The molecule has 1 radical (unpaired) electrons. The van der Waals surface area contributed by atoms with Gasteiger partial charge in [0.05, 0.1) is 0 Å². The summed E-state index contributed by atoms with van der Waals surface area (Å²) in [5, 5.41) is 29.1. The van der Waals surface area contributed by atoms with E-state index in [4.69, 9.17) is 4.74 Å². The van der Waals surface area contributed by atoms with Crippen molar-refractivity contribution in [3.8, 4) is 0 Å². The van der Waals surface area contributed by atoms with E-state index in [0.717, 1.165) is 0 Å². The van der Waals surface area contributed by atoms with Crippen molar-refractivity contribution in [2.75, 3.05) is 0 Å². The van der Waals surface area contributed by atoms with Crippen LogP contribution in [0.5, 0.6) is 0 Å². The van der Waals surface area contributed by atoms with Crippen LogP contribution in [0.2, 0.25) is 14.8 Å². The van der Waals surface area contributed by atoms with E-state index in [1.165, 1.54) is 0 Å². The summed E-state index contributed by atoms with van der Waals surface area (Å²) in [7, 11) is -4.89. The van der Waals surface area contributed by atoms with E-state index in [1.54, 1.807) is 14.8 Å². The molecule has 0 aromatic rings. The molecule has 101 valence electrons. The Morgan fingerprint density at radius 2 is 1.82 bits per heavy atom. The minimum atomic E-state index is -4.89. The molecule has 4 N–H and O–H groups in total. The predicted octanol–water partition coefficient (Wildman–Crippen LogP) is -1.28. The van der Waals surface area contributed by atoms with Gasteiger partial charge in [-0.15, -0.1) is 0 Å². The van der Waals surface area contributed by atoms with Crippen LogP contribution in [0.25, 0.3) is 0 Å². The molecule has 1 unspecified atom stereocenters. The van der Waals surface area contributed by atoms with Crippen molar-refractivity contribution >= 4 is 28.5 Å². The SMILES string of the molecule is [CH3][Sn]([CH3])([CH3])[CH](O)[C@@]1(S(=O)(=O)O)O[CH][C@@H](O)[C@@H]1O. The number of ether oxygens (including phenoxy) is 1. The summed E-state index contributed by atoms with van der Waals surface area (Å²) >= 11 is -3.24. The van der Waals surface area contributed by atoms with Crippen molar-refractivity contribution in [2.24, 2.45) is 0 Å². The molecule has 1 heterocycles. The fraction of sp³-hybridized carbons (Fsp3) is 0.875. The average molecular weight is 376 g/mol. The summed E-state index contributed by atoms with van der Waals surface area (Å²) in [5.74, 6) is 0. The van der Waals surface area contributed by atoms with E-state index in [2.05, 4.69) is 0 Å². The van der Waals surface area contributed by atoms with Gasteiger partial charge in [-0.05, 0) is 0 Å². The number of hydrogen-bond acceptors (Lipinski definition) is 6. The second-order valence-electron chi connectivity index (χ2n) is 5.15. The Kier molecular flexibility index (Phi) is 4.21. The van der Waals surface area contributed by atoms with Gasteiger partial charge in [-0.3, -0.25) is 0 Å². The molecular weight excluding hydrogens is 359 g/mol. The molecule has 0 aliphatic carbocycles. The van der Waals surface area contributed by atoms with Crippen LogP contribution in [0.3, 0.4) is 0 Å². The van der Waals surface area contributed by atoms with Crippen LogP contribution in [0, 0.1) is 6.61 Å². The van der Waals surface area contributed by atoms with E-state index in [-0.39, 0.29) is 0 Å². The average Bonchev–Trinajstić information content (AvgIpc) is 2.41. The van der Waals surface area contributed by atoms with Gasteiger partial charge in [-0.1, -0.05) is 0 Å². The third kappa shape index (κ3) is 2.48. The summed E-state index contributed by atoms with van der Waals surface area (Å²) in [4.78, 5) is 2.58. The Morgan fingerprint density at radius 3 is 2.06 bits per heavy atom. The number of aliphatic hydroxyl groups excluding tert-OH is 3. The Hall–Kier alpha value is 0.549. The van der Waals surface area contributed by atoms with Gasteiger partial charge >= 0.3 is 104 Å². The Bertz CT molecular complexity index is 389. The van der Waals surface area contributed by atoms with Crippen molar-refractivity contribution < 1.29 is 33.0 Å². The Morgan fingerprint density at radius 1 is 1.35 bits per heavy atom. The zero-order valence-corrected chi connectivity index (χ0v) is 13.4. The van der Waals surface area contributed by atoms with E-state index < -0.39 is 49.8 Å². The third-order valence-corrected chi connectivity index (χ3v) is 10.6. The summed E-state index contributed by atoms with van der Waals surface area (Å²) in [6.45, 7) is 0.708. The number of hydrogen-bond donors (Lipinski definition) is 4. The van der Waals surface area contributed by atoms with Crippen LogP contribution in [0.1, 0.15) is 0 Å². The normalized spacial score (nSPS) is 37.1. The predicted molar refractivity (Wildman–Crippen MR) is 61.0 cm³/mol. The molecule has 0 amide bonds. The van der Waals surface area contributed by atoms with Gasteiger partial charge in [0, 0.05) is 0 Å². The molecule has 0 bridgehead atoms. The molecule has 1 fully saturated rings. The van der Waals surface area contributed by atoms with Crippen molar-refractivity contribution in [1.82, 2.24) is 0 Å². The first-order chi connectivity index (χ1) is 7.44. The fourth-order valence-corrected chi connectivity index (χ4v) is 10.4. The molecule has 17 heavy (non-hydrogen) atoms. The summed E-state index contributed by atoms with van der Waals surface area (Å²) in [6.07, 6.45) is -3.48. The fourth-order valence-electron chi connectivity index (χ4n) is 1.74. The molecule has 1 aliphatic rings. The van der Waals surface area contributed by atoms with Gasteiger partial charge in [-0.2, -0.15) is 0 Å². The zero-order chi connectivity index (χ0) is 13.6. The standard InChI is InChI=1S/C5H8O7S.3CH3.Sn/c6-2-5(13(9,10)11)4(8)3(7)1-12-5;;;;/h1-4,6-8H,(H,9,10,11);3*1H3;/t3-,4+,5+;;;;/m1..../s1. The summed E-state index contributed by atoms with van der Waals surface area (Å²) < 4.78 is 35.3. The second kappa shape index (κ2) is 4.58. The van der Waals surface area contributed by atoms with Gasteiger partial charge in [0.25, 0.3) is 0 Å². The van der Waals surface area contributed by atoms with Crippen molar-refractivity contribution in [1.29, 1.82) is 0 Å². The second-order valence-corrected chi connectivity index (χ2v) is 21.8. The maximum atomic E-state index is 11.4. The first-order valence-electron chi connectivity index (χ1n) is 4.97. The van der Waals surface area contributed by atoms with Crippen LogP contribution in [0.15, 0.2) is 0 Å². The number of aliphatic hydroxyl groups is 3. The summed E-state index contributed by atoms with van der Waals surface area (Å²) in [6, 6.07) is 0. The van der Waals surface area contributed by atoms with Gasteiger partial charge < -0.3 is 0 Å². The molecule has 7 nitrogen and oxygen atoms in total. The quantitative estimate of drug-likeness (QED) is 0.358. The van der Waals surface area contributed by atoms with Crippen molar-refractivity contribution in [3.05, 3.63) is 6.61 Å². The molecule has 0 aromatic heterocycles. The van der Waals surface area contributed by atoms with Crippen LogP contribution in [0.4, 0.5) is 0 Å². The van der Waals surface area contributed by atoms with Crippen molar-refractivity contribution in [3.63, 3.8) is 0 Å². The van der Waals surface area contributed by atoms with E-state index in [1.807, 2.05) is 0 Å². The zero-order valence-electron chi connectivity index (χ0n) is 9.73. The van der Waals surface area contributed by atoms with Crippen LogP contribution < -0.4 is 0 Å². The molecule has 4 atom stereocenters. The third-order valence-electron chi connectivity index (χ3n) is 2.73. The van der Waals surface area contributed by atoms with E-state index in [9.17, 15) is 28.3 Å². The topological polar surface area (TPSA) is 124 Å². The molecule has 0 spiro atoms. The number of rotatable bonds is 3. The van der Waals surface area contributed by atoms with Crippen LogP contribution in [-0.2, 0) is 14.9 Å². The van der Waals surface area contributed by atoms with E-state index in [0.29, 0.717) is 6.61 Å². The molecule has 0 aromatic carbocycles. The van der Waals surface area contributed by atoms with Gasteiger partial charge in [-0.25, -0.2) is 0 Å². The first-order valence-corrected chi connectivity index (χ1v) is 16.6. The van der Waals surface area contributed by atoms with Crippen LogP contribution >= 0.6 is 0 Å². The van der Waals surface area contributed by atoms with Crippen molar-refractivity contribution in [2.45, 2.75) is 36.1 Å². The molecule has 1 aliphatic heterocycles. The van der Waals surface area contributed by atoms with Crippen LogP contribution in [-0.4, -0.2) is 67.9 Å². The Balaban J connectivity index is 3.33. The van der Waals surface area contributed by atoms with Gasteiger partial charge in [0.15, 0.2) is 0 Å². The monoisotopic (exact) mass is 377 g/mol. The Labute approximate surface area is 104 Å². The van der Waals surface area contributed by atoms with Gasteiger partial charge in [0.2, 0.25) is 0 Å². The molecule has 1 saturated heterocycles. The molecule has 9 heteroatoms. The summed E-state index contributed by atoms with van der Waals surface area (Å²) in [5.41, 5.74) is 0. The molecule has 1 rings (SSSR count). The first kappa shape index (κ1) is 15.6. The van der Waals surface area contributed by atoms with Gasteiger partial charge in [0.1, 0.15) is 0 Å².